The molecule has 0 radical (unpaired) electrons. The molecule has 5 nitrogen and oxygen atoms in total. The number of benzene rings is 2. The summed E-state index contributed by atoms with van der Waals surface area (Å²) in [5.74, 6) is -0.0644. The number of aromatic nitrogens is 2. The summed E-state index contributed by atoms with van der Waals surface area (Å²) in [7, 11) is 1.84. The Labute approximate surface area is 156 Å². The zero-order valence-corrected chi connectivity index (χ0v) is 14.8. The molecule has 0 aliphatic carbocycles. The lowest BCUT2D eigenvalue weighted by Crippen LogP contribution is -2.35. The molecule has 7 heteroatoms. The van der Waals surface area contributed by atoms with Crippen molar-refractivity contribution in [3.8, 4) is 5.75 Å². The van der Waals surface area contributed by atoms with Crippen LogP contribution in [0.4, 0.5) is 8.78 Å². The standard InChI is InChI=1S/C20H21F2N3O2/c1-25-10-9-23-20(25)19(14-5-4-6-15(21)11-14)24-12-16(26)13-27-18-8-3-2-7-17(18)22/h2-11,16,19,24,26H,12-13H2,1H3. The number of nitrogens with zero attached hydrogens (tertiary/aromatic N) is 2. The first-order valence-electron chi connectivity index (χ1n) is 8.56. The van der Waals surface area contributed by atoms with Crippen LogP contribution in [0.3, 0.4) is 0 Å². The molecule has 2 aromatic carbocycles. The van der Waals surface area contributed by atoms with E-state index in [9.17, 15) is 13.9 Å². The van der Waals surface area contributed by atoms with Crippen LogP contribution >= 0.6 is 0 Å². The lowest BCUT2D eigenvalue weighted by molar-refractivity contribution is 0.102. The molecule has 0 fully saturated rings. The Kier molecular flexibility index (Phi) is 6.16. The third-order valence-corrected chi connectivity index (χ3v) is 4.12. The summed E-state index contributed by atoms with van der Waals surface area (Å²) >= 11 is 0. The summed E-state index contributed by atoms with van der Waals surface area (Å²) in [6.07, 6.45) is 2.56. The van der Waals surface area contributed by atoms with E-state index >= 15 is 0 Å². The number of nitrogens with one attached hydrogen (secondary N) is 1. The van der Waals surface area contributed by atoms with Gasteiger partial charge in [-0.15, -0.1) is 0 Å². The van der Waals surface area contributed by atoms with Gasteiger partial charge in [-0.1, -0.05) is 24.3 Å². The molecule has 0 spiro atoms. The Morgan fingerprint density at radius 3 is 2.70 bits per heavy atom. The summed E-state index contributed by atoms with van der Waals surface area (Å²) in [6, 6.07) is 11.8. The van der Waals surface area contributed by atoms with Crippen molar-refractivity contribution in [1.82, 2.24) is 14.9 Å². The van der Waals surface area contributed by atoms with Gasteiger partial charge in [-0.05, 0) is 29.8 Å². The van der Waals surface area contributed by atoms with Crippen LogP contribution in [0.15, 0.2) is 60.9 Å². The Bertz CT molecular complexity index is 885. The van der Waals surface area contributed by atoms with Gasteiger partial charge in [0.1, 0.15) is 24.4 Å². The number of hydrogen-bond acceptors (Lipinski definition) is 4. The van der Waals surface area contributed by atoms with Gasteiger partial charge in [0.15, 0.2) is 11.6 Å². The van der Waals surface area contributed by atoms with Crippen LogP contribution in [0.2, 0.25) is 0 Å². The molecule has 142 valence electrons. The zero-order valence-electron chi connectivity index (χ0n) is 14.8. The lowest BCUT2D eigenvalue weighted by Gasteiger charge is -2.21. The number of aliphatic hydroxyl groups excluding tert-OH is 1. The zero-order chi connectivity index (χ0) is 19.2. The van der Waals surface area contributed by atoms with Gasteiger partial charge in [0.2, 0.25) is 0 Å². The Balaban J connectivity index is 1.66. The van der Waals surface area contributed by atoms with Gasteiger partial charge in [-0.25, -0.2) is 13.8 Å². The highest BCUT2D eigenvalue weighted by molar-refractivity contribution is 5.26. The van der Waals surface area contributed by atoms with E-state index in [0.717, 1.165) is 0 Å². The Morgan fingerprint density at radius 1 is 1.19 bits per heavy atom. The number of aryl methyl sites for hydroxylation is 1. The van der Waals surface area contributed by atoms with E-state index in [4.69, 9.17) is 4.74 Å². The summed E-state index contributed by atoms with van der Waals surface area (Å²) < 4.78 is 34.4. The number of halogens is 2. The number of rotatable bonds is 8. The van der Waals surface area contributed by atoms with E-state index in [1.165, 1.54) is 24.3 Å². The molecular formula is C20H21F2N3O2. The topological polar surface area (TPSA) is 59.3 Å². The van der Waals surface area contributed by atoms with Crippen LogP contribution < -0.4 is 10.1 Å². The van der Waals surface area contributed by atoms with Crippen LogP contribution in [0.25, 0.3) is 0 Å². The SMILES string of the molecule is Cn1ccnc1C(NCC(O)COc1ccccc1F)c1cccc(F)c1. The van der Waals surface area contributed by atoms with Crippen molar-refractivity contribution in [2.75, 3.05) is 13.2 Å². The molecule has 0 bridgehead atoms. The molecule has 1 heterocycles. The summed E-state index contributed by atoms with van der Waals surface area (Å²) in [4.78, 5) is 4.32. The van der Waals surface area contributed by atoms with Crippen LogP contribution in [0.5, 0.6) is 5.75 Å². The predicted octanol–water partition coefficient (Wildman–Crippen LogP) is 2.82. The summed E-state index contributed by atoms with van der Waals surface area (Å²) in [5.41, 5.74) is 0.687. The van der Waals surface area contributed by atoms with Crippen molar-refractivity contribution < 1.29 is 18.6 Å². The average Bonchev–Trinajstić information content (AvgIpc) is 3.07. The van der Waals surface area contributed by atoms with Crippen molar-refractivity contribution >= 4 is 0 Å². The number of ether oxygens (including phenoxy) is 1. The number of hydrogen-bond donors (Lipinski definition) is 2. The highest BCUT2D eigenvalue weighted by Gasteiger charge is 2.20. The fourth-order valence-electron chi connectivity index (χ4n) is 2.76. The third-order valence-electron chi connectivity index (χ3n) is 4.12. The number of imidazole rings is 1. The summed E-state index contributed by atoms with van der Waals surface area (Å²) in [5, 5.41) is 13.4. The minimum absolute atomic E-state index is 0.0790. The van der Waals surface area contributed by atoms with Gasteiger partial charge in [-0.3, -0.25) is 0 Å². The quantitative estimate of drug-likeness (QED) is 0.638. The van der Waals surface area contributed by atoms with E-state index in [2.05, 4.69) is 10.3 Å². The van der Waals surface area contributed by atoms with E-state index in [0.29, 0.717) is 11.4 Å². The molecular weight excluding hydrogens is 352 g/mol. The molecule has 3 rings (SSSR count). The molecule has 1 aromatic heterocycles. The number of para-hydroxylation sites is 1. The van der Waals surface area contributed by atoms with Gasteiger partial charge in [0, 0.05) is 26.0 Å². The van der Waals surface area contributed by atoms with E-state index in [1.807, 2.05) is 11.6 Å². The van der Waals surface area contributed by atoms with E-state index in [1.54, 1.807) is 36.7 Å². The van der Waals surface area contributed by atoms with Crippen molar-refractivity contribution in [3.63, 3.8) is 0 Å². The average molecular weight is 373 g/mol. The van der Waals surface area contributed by atoms with Crippen molar-refractivity contribution in [2.45, 2.75) is 12.1 Å². The smallest absolute Gasteiger partial charge is 0.165 e. The molecule has 3 aromatic rings. The first-order chi connectivity index (χ1) is 13.0. The van der Waals surface area contributed by atoms with Crippen LogP contribution in [0.1, 0.15) is 17.4 Å². The maximum atomic E-state index is 13.7. The van der Waals surface area contributed by atoms with Crippen LogP contribution in [-0.4, -0.2) is 33.9 Å². The van der Waals surface area contributed by atoms with Gasteiger partial charge >= 0.3 is 0 Å². The van der Waals surface area contributed by atoms with Gasteiger partial charge in [-0.2, -0.15) is 0 Å². The lowest BCUT2D eigenvalue weighted by atomic mass is 10.1. The molecule has 0 saturated carbocycles. The summed E-state index contributed by atoms with van der Waals surface area (Å²) in [6.45, 7) is 0.0763. The normalized spacial score (nSPS) is 13.3. The Hall–Kier alpha value is -2.77. The molecule has 27 heavy (non-hydrogen) atoms. The minimum atomic E-state index is -0.888. The molecule has 2 N–H and O–H groups in total. The highest BCUT2D eigenvalue weighted by atomic mass is 19.1. The number of aliphatic hydroxyl groups is 1. The van der Waals surface area contributed by atoms with Gasteiger partial charge in [0.05, 0.1) is 6.04 Å². The maximum absolute atomic E-state index is 13.7. The fourth-order valence-corrected chi connectivity index (χ4v) is 2.76. The van der Waals surface area contributed by atoms with Gasteiger partial charge < -0.3 is 19.7 Å². The first kappa shape index (κ1) is 19.0. The van der Waals surface area contributed by atoms with Crippen molar-refractivity contribution in [1.29, 1.82) is 0 Å². The monoisotopic (exact) mass is 373 g/mol. The largest absolute Gasteiger partial charge is 0.488 e. The second kappa shape index (κ2) is 8.75. The molecule has 2 unspecified atom stereocenters. The van der Waals surface area contributed by atoms with Crippen molar-refractivity contribution in [2.24, 2.45) is 7.05 Å². The first-order valence-corrected chi connectivity index (χ1v) is 8.56. The molecule has 0 aliphatic rings. The Morgan fingerprint density at radius 2 is 2.00 bits per heavy atom. The molecule has 0 saturated heterocycles. The second-order valence-corrected chi connectivity index (χ2v) is 6.19. The maximum Gasteiger partial charge on any atom is 0.165 e. The van der Waals surface area contributed by atoms with E-state index in [-0.39, 0.29) is 24.7 Å². The minimum Gasteiger partial charge on any atom is -0.488 e. The van der Waals surface area contributed by atoms with Crippen LogP contribution in [-0.2, 0) is 7.05 Å². The highest BCUT2D eigenvalue weighted by Crippen LogP contribution is 2.21. The van der Waals surface area contributed by atoms with E-state index < -0.39 is 18.0 Å². The molecule has 0 aliphatic heterocycles. The van der Waals surface area contributed by atoms with Gasteiger partial charge in [0.25, 0.3) is 0 Å². The molecule has 0 amide bonds. The van der Waals surface area contributed by atoms with Crippen LogP contribution in [0, 0.1) is 11.6 Å². The predicted molar refractivity (Wildman–Crippen MR) is 97.4 cm³/mol. The third kappa shape index (κ3) is 4.90. The molecule has 2 atom stereocenters. The fraction of sp³-hybridized carbons (Fsp3) is 0.250. The van der Waals surface area contributed by atoms with Crippen molar-refractivity contribution in [3.05, 3.63) is 83.9 Å². The second-order valence-electron chi connectivity index (χ2n) is 6.19.